The molecule has 2 unspecified atom stereocenters. The minimum Gasteiger partial charge on any atom is -0.491 e. The second-order valence-electron chi connectivity index (χ2n) is 7.66. The Morgan fingerprint density at radius 1 is 0.806 bits per heavy atom. The van der Waals surface area contributed by atoms with E-state index in [2.05, 4.69) is 38.1 Å². The van der Waals surface area contributed by atoms with Gasteiger partial charge in [0.2, 0.25) is 0 Å². The first-order chi connectivity index (χ1) is 15.0. The molecule has 2 atom stereocenters. The van der Waals surface area contributed by atoms with Gasteiger partial charge in [-0.05, 0) is 73.4 Å². The van der Waals surface area contributed by atoms with Gasteiger partial charge < -0.3 is 14.2 Å². The number of carbonyl (C=O) groups excluding carboxylic acids is 1. The van der Waals surface area contributed by atoms with Crippen LogP contribution in [0.25, 0.3) is 11.1 Å². The van der Waals surface area contributed by atoms with Crippen LogP contribution in [-0.4, -0.2) is 19.2 Å². The lowest BCUT2D eigenvalue weighted by Gasteiger charge is -2.14. The molecule has 0 amide bonds. The summed E-state index contributed by atoms with van der Waals surface area (Å²) in [4.78, 5) is 12.5. The first-order valence-electron chi connectivity index (χ1n) is 10.7. The van der Waals surface area contributed by atoms with Crippen LogP contribution in [0.1, 0.15) is 55.6 Å². The number of methoxy groups -OCH3 is 1. The number of carbonyl (C=O) groups is 1. The van der Waals surface area contributed by atoms with Crippen molar-refractivity contribution in [2.75, 3.05) is 7.11 Å². The van der Waals surface area contributed by atoms with Crippen molar-refractivity contribution in [1.82, 2.24) is 0 Å². The van der Waals surface area contributed by atoms with Crippen molar-refractivity contribution < 1.29 is 19.0 Å². The van der Waals surface area contributed by atoms with Gasteiger partial charge in [0, 0.05) is 7.11 Å². The lowest BCUT2D eigenvalue weighted by atomic mass is 10.0. The molecule has 4 nitrogen and oxygen atoms in total. The molecule has 4 heteroatoms. The standard InChI is InChI=1S/C27H30O4/c1-5-6-19(2)30-25-15-17-26(18-16-25)31-27(28)24-13-11-23(12-14-24)22-9-7-21(8-10-22)20(3)29-4/h7-20H,5-6H2,1-4H3. The highest BCUT2D eigenvalue weighted by Gasteiger charge is 2.10. The lowest BCUT2D eigenvalue weighted by molar-refractivity contribution is 0.0734. The van der Waals surface area contributed by atoms with Crippen LogP contribution in [-0.2, 0) is 4.74 Å². The van der Waals surface area contributed by atoms with Crippen LogP contribution in [0.4, 0.5) is 0 Å². The van der Waals surface area contributed by atoms with Crippen LogP contribution in [0.2, 0.25) is 0 Å². The minimum atomic E-state index is -0.385. The van der Waals surface area contributed by atoms with E-state index in [9.17, 15) is 4.79 Å². The number of hydrogen-bond acceptors (Lipinski definition) is 4. The molecule has 0 fully saturated rings. The molecule has 0 radical (unpaired) electrons. The number of rotatable bonds is 9. The Bertz CT molecular complexity index is 960. The minimum absolute atomic E-state index is 0.0616. The van der Waals surface area contributed by atoms with Gasteiger partial charge in [-0.25, -0.2) is 4.79 Å². The van der Waals surface area contributed by atoms with Gasteiger partial charge in [-0.3, -0.25) is 0 Å². The zero-order valence-electron chi connectivity index (χ0n) is 18.6. The van der Waals surface area contributed by atoms with E-state index in [4.69, 9.17) is 14.2 Å². The summed E-state index contributed by atoms with van der Waals surface area (Å²) in [6.07, 6.45) is 2.31. The van der Waals surface area contributed by atoms with E-state index in [0.717, 1.165) is 35.3 Å². The van der Waals surface area contributed by atoms with Crippen LogP contribution in [0, 0.1) is 0 Å². The van der Waals surface area contributed by atoms with Crippen LogP contribution in [0.3, 0.4) is 0 Å². The van der Waals surface area contributed by atoms with E-state index < -0.39 is 0 Å². The highest BCUT2D eigenvalue weighted by atomic mass is 16.5. The highest BCUT2D eigenvalue weighted by Crippen LogP contribution is 2.24. The third kappa shape index (κ3) is 6.19. The van der Waals surface area contributed by atoms with Crippen LogP contribution in [0.15, 0.2) is 72.8 Å². The molecule has 0 saturated heterocycles. The lowest BCUT2D eigenvalue weighted by Crippen LogP contribution is -2.11. The normalized spacial score (nSPS) is 12.8. The molecule has 0 heterocycles. The monoisotopic (exact) mass is 418 g/mol. The quantitative estimate of drug-likeness (QED) is 0.282. The SMILES string of the molecule is CCCC(C)Oc1ccc(OC(=O)c2ccc(-c3ccc(C(C)OC)cc3)cc2)cc1. The van der Waals surface area contributed by atoms with Gasteiger partial charge in [0.25, 0.3) is 0 Å². The van der Waals surface area contributed by atoms with Crippen molar-refractivity contribution in [3.05, 3.63) is 83.9 Å². The van der Waals surface area contributed by atoms with E-state index in [1.54, 1.807) is 31.4 Å². The van der Waals surface area contributed by atoms with E-state index in [-0.39, 0.29) is 18.2 Å². The van der Waals surface area contributed by atoms with Gasteiger partial charge in [-0.1, -0.05) is 49.7 Å². The first-order valence-corrected chi connectivity index (χ1v) is 10.7. The van der Waals surface area contributed by atoms with Gasteiger partial charge in [0.1, 0.15) is 11.5 Å². The van der Waals surface area contributed by atoms with Crippen LogP contribution in [0.5, 0.6) is 11.5 Å². The maximum atomic E-state index is 12.5. The largest absolute Gasteiger partial charge is 0.491 e. The summed E-state index contributed by atoms with van der Waals surface area (Å²) in [5.74, 6) is 0.882. The van der Waals surface area contributed by atoms with Crippen LogP contribution >= 0.6 is 0 Å². The number of hydrogen-bond donors (Lipinski definition) is 0. The molecule has 0 aliphatic carbocycles. The molecular formula is C27H30O4. The van der Waals surface area contributed by atoms with E-state index >= 15 is 0 Å². The van der Waals surface area contributed by atoms with Gasteiger partial charge in [-0.15, -0.1) is 0 Å². The van der Waals surface area contributed by atoms with Gasteiger partial charge >= 0.3 is 5.97 Å². The number of ether oxygens (including phenoxy) is 3. The summed E-state index contributed by atoms with van der Waals surface area (Å²) < 4.78 is 16.7. The first kappa shape index (κ1) is 22.6. The van der Waals surface area contributed by atoms with Gasteiger partial charge in [0.05, 0.1) is 17.8 Å². The zero-order valence-corrected chi connectivity index (χ0v) is 18.6. The molecule has 0 saturated carbocycles. The van der Waals surface area contributed by atoms with Crippen molar-refractivity contribution in [2.24, 2.45) is 0 Å². The molecule has 3 aromatic rings. The third-order valence-electron chi connectivity index (χ3n) is 5.25. The predicted octanol–water partition coefficient (Wildman–Crippen LogP) is 6.85. The Balaban J connectivity index is 1.61. The van der Waals surface area contributed by atoms with Gasteiger partial charge in [-0.2, -0.15) is 0 Å². The highest BCUT2D eigenvalue weighted by molar-refractivity contribution is 5.91. The summed E-state index contributed by atoms with van der Waals surface area (Å²) in [5.41, 5.74) is 3.75. The topological polar surface area (TPSA) is 44.8 Å². The van der Waals surface area contributed by atoms with Crippen molar-refractivity contribution in [1.29, 1.82) is 0 Å². The second kappa shape index (κ2) is 10.8. The molecule has 0 N–H and O–H groups in total. The number of benzene rings is 3. The van der Waals surface area contributed by atoms with Gasteiger partial charge in [0.15, 0.2) is 0 Å². The summed E-state index contributed by atoms with van der Waals surface area (Å²) in [6, 6.07) is 22.8. The van der Waals surface area contributed by atoms with Crippen molar-refractivity contribution >= 4 is 5.97 Å². The Kier molecular flexibility index (Phi) is 7.85. The smallest absolute Gasteiger partial charge is 0.343 e. The van der Waals surface area contributed by atoms with E-state index in [1.165, 1.54) is 0 Å². The Hall–Kier alpha value is -3.11. The average Bonchev–Trinajstić information content (AvgIpc) is 2.80. The molecule has 0 aliphatic rings. The van der Waals surface area contributed by atoms with E-state index in [1.807, 2.05) is 31.2 Å². The Labute approximate surface area is 184 Å². The fraction of sp³-hybridized carbons (Fsp3) is 0.296. The summed E-state index contributed by atoms with van der Waals surface area (Å²) in [7, 11) is 1.70. The summed E-state index contributed by atoms with van der Waals surface area (Å²) in [6.45, 7) is 6.20. The molecule has 3 aromatic carbocycles. The molecule has 0 bridgehead atoms. The Morgan fingerprint density at radius 3 is 1.90 bits per heavy atom. The van der Waals surface area contributed by atoms with Crippen molar-refractivity contribution in [3.8, 4) is 22.6 Å². The third-order valence-corrected chi connectivity index (χ3v) is 5.25. The molecular weight excluding hydrogens is 388 g/mol. The average molecular weight is 419 g/mol. The number of esters is 1. The predicted molar refractivity (Wildman–Crippen MR) is 124 cm³/mol. The summed E-state index contributed by atoms with van der Waals surface area (Å²) in [5, 5.41) is 0. The fourth-order valence-corrected chi connectivity index (χ4v) is 3.33. The second-order valence-corrected chi connectivity index (χ2v) is 7.66. The zero-order chi connectivity index (χ0) is 22.2. The van der Waals surface area contributed by atoms with E-state index in [0.29, 0.717) is 11.3 Å². The van der Waals surface area contributed by atoms with Crippen molar-refractivity contribution in [2.45, 2.75) is 45.8 Å². The van der Waals surface area contributed by atoms with Crippen molar-refractivity contribution in [3.63, 3.8) is 0 Å². The molecule has 162 valence electrons. The molecule has 0 aromatic heterocycles. The Morgan fingerprint density at radius 2 is 1.35 bits per heavy atom. The summed E-state index contributed by atoms with van der Waals surface area (Å²) >= 11 is 0. The molecule has 31 heavy (non-hydrogen) atoms. The molecule has 0 aliphatic heterocycles. The maximum absolute atomic E-state index is 12.5. The maximum Gasteiger partial charge on any atom is 0.343 e. The molecule has 0 spiro atoms. The fourth-order valence-electron chi connectivity index (χ4n) is 3.33. The molecule has 3 rings (SSSR count). The van der Waals surface area contributed by atoms with Crippen LogP contribution < -0.4 is 9.47 Å².